The van der Waals surface area contributed by atoms with E-state index in [0.717, 1.165) is 42.5 Å². The number of fused-ring (bicyclic) bond motifs is 1. The van der Waals surface area contributed by atoms with Gasteiger partial charge in [-0.1, -0.05) is 56.7 Å². The van der Waals surface area contributed by atoms with Gasteiger partial charge in [0.15, 0.2) is 11.5 Å². The standard InChI is InChI=1S/C35H48N8O5/c1-6-8-19-48-34-38-32(36)31-33(39-34)43(35(46)37-31)28-11-9-10-27(20-28)22-41(18-17-40(3)4)24-29(44)42(16-7-2)23-26-14-12-25(13-15-26)21-30(45)47-5/h9-15,20H,6-8,16-19,21-24H2,1-5H3,(H,37,46)(H2,36,38,39). The molecule has 0 saturated carbocycles. The lowest BCUT2D eigenvalue weighted by Crippen LogP contribution is -2.42. The number of esters is 1. The Labute approximate surface area is 281 Å². The molecule has 13 nitrogen and oxygen atoms in total. The molecule has 4 aromatic rings. The molecule has 2 heterocycles. The van der Waals surface area contributed by atoms with Crippen LogP contribution in [-0.2, 0) is 33.8 Å². The Hall–Kier alpha value is -4.75. The topological polar surface area (TPSA) is 152 Å². The minimum atomic E-state index is -0.387. The number of hydrogen-bond acceptors (Lipinski definition) is 10. The summed E-state index contributed by atoms with van der Waals surface area (Å²) in [6.45, 7) is 7.82. The molecule has 258 valence electrons. The highest BCUT2D eigenvalue weighted by molar-refractivity contribution is 5.83. The maximum atomic E-state index is 13.8. The number of nitrogens with one attached hydrogen (secondary N) is 1. The van der Waals surface area contributed by atoms with Crippen molar-refractivity contribution in [2.24, 2.45) is 0 Å². The maximum Gasteiger partial charge on any atom is 0.332 e. The summed E-state index contributed by atoms with van der Waals surface area (Å²) in [5, 5.41) is 0. The Bertz CT molecular complexity index is 1720. The van der Waals surface area contributed by atoms with Crippen LogP contribution < -0.4 is 16.2 Å². The van der Waals surface area contributed by atoms with Gasteiger partial charge >= 0.3 is 17.7 Å². The van der Waals surface area contributed by atoms with Crippen molar-refractivity contribution in [1.82, 2.24) is 34.2 Å². The third kappa shape index (κ3) is 9.88. The van der Waals surface area contributed by atoms with E-state index in [1.165, 1.54) is 11.7 Å². The summed E-state index contributed by atoms with van der Waals surface area (Å²) >= 11 is 0. The second-order valence-electron chi connectivity index (χ2n) is 12.1. The lowest BCUT2D eigenvalue weighted by Gasteiger charge is -2.28. The lowest BCUT2D eigenvalue weighted by molar-refractivity contribution is -0.139. The Morgan fingerprint density at radius 2 is 1.69 bits per heavy atom. The highest BCUT2D eigenvalue weighted by Gasteiger charge is 2.20. The van der Waals surface area contributed by atoms with Crippen LogP contribution in [0.5, 0.6) is 6.01 Å². The number of hydrogen-bond donors (Lipinski definition) is 2. The number of benzene rings is 2. The first kappa shape index (κ1) is 36.1. The number of H-pyrrole nitrogens is 1. The second kappa shape index (κ2) is 17.4. The molecule has 0 unspecified atom stereocenters. The SMILES string of the molecule is CCCCOc1nc(N)c2[nH]c(=O)n(-c3cccc(CN(CCN(C)C)CC(=O)N(CCC)Cc4ccc(CC(=O)OC)cc4)c3)c2n1. The van der Waals surface area contributed by atoms with E-state index in [1.54, 1.807) is 0 Å². The van der Waals surface area contributed by atoms with Gasteiger partial charge in [0.1, 0.15) is 5.52 Å². The molecule has 0 saturated heterocycles. The molecule has 0 atom stereocenters. The number of amides is 1. The van der Waals surface area contributed by atoms with Gasteiger partial charge in [-0.3, -0.25) is 14.5 Å². The first-order valence-corrected chi connectivity index (χ1v) is 16.4. The van der Waals surface area contributed by atoms with E-state index in [4.69, 9.17) is 15.2 Å². The minimum Gasteiger partial charge on any atom is -0.469 e. The summed E-state index contributed by atoms with van der Waals surface area (Å²) in [5.74, 6) is -0.121. The summed E-state index contributed by atoms with van der Waals surface area (Å²) < 4.78 is 11.9. The van der Waals surface area contributed by atoms with Gasteiger partial charge in [-0.05, 0) is 55.8 Å². The number of carbonyl (C=O) groups is 2. The normalized spacial score (nSPS) is 11.4. The van der Waals surface area contributed by atoms with Crippen molar-refractivity contribution in [3.05, 3.63) is 75.7 Å². The highest BCUT2D eigenvalue weighted by Crippen LogP contribution is 2.22. The average molecular weight is 661 g/mol. The number of unbranched alkanes of at least 4 members (excludes halogenated alkanes) is 1. The van der Waals surface area contributed by atoms with Crippen molar-refractivity contribution in [3.63, 3.8) is 0 Å². The van der Waals surface area contributed by atoms with Crippen LogP contribution >= 0.6 is 0 Å². The van der Waals surface area contributed by atoms with Crippen LogP contribution in [-0.4, -0.2) is 100 Å². The van der Waals surface area contributed by atoms with Crippen LogP contribution in [0.1, 0.15) is 49.8 Å². The van der Waals surface area contributed by atoms with Gasteiger partial charge in [0.25, 0.3) is 0 Å². The van der Waals surface area contributed by atoms with E-state index in [2.05, 4.69) is 38.6 Å². The first-order valence-electron chi connectivity index (χ1n) is 16.4. The molecule has 4 rings (SSSR count). The molecule has 0 aliphatic rings. The lowest BCUT2D eigenvalue weighted by atomic mass is 10.1. The molecule has 0 aliphatic carbocycles. The number of likely N-dealkylation sites (N-methyl/N-ethyl adjacent to an activating group) is 1. The zero-order valence-electron chi connectivity index (χ0n) is 28.7. The molecule has 0 bridgehead atoms. The van der Waals surface area contributed by atoms with Crippen LogP contribution in [0.15, 0.2) is 53.3 Å². The first-order chi connectivity index (χ1) is 23.1. The highest BCUT2D eigenvalue weighted by atomic mass is 16.5. The van der Waals surface area contributed by atoms with Gasteiger partial charge in [0.05, 0.1) is 32.4 Å². The third-order valence-electron chi connectivity index (χ3n) is 7.89. The third-order valence-corrected chi connectivity index (χ3v) is 7.89. The van der Waals surface area contributed by atoms with E-state index in [1.807, 2.05) is 67.5 Å². The molecule has 1 amide bonds. The molecule has 0 radical (unpaired) electrons. The van der Waals surface area contributed by atoms with E-state index in [9.17, 15) is 14.4 Å². The molecule has 2 aromatic carbocycles. The fraction of sp³-hybridized carbons (Fsp3) is 0.457. The van der Waals surface area contributed by atoms with Crippen molar-refractivity contribution < 1.29 is 19.1 Å². The van der Waals surface area contributed by atoms with Gasteiger partial charge in [-0.2, -0.15) is 9.97 Å². The van der Waals surface area contributed by atoms with Crippen molar-refractivity contribution in [2.45, 2.75) is 52.6 Å². The number of carbonyl (C=O) groups excluding carboxylic acids is 2. The fourth-order valence-corrected chi connectivity index (χ4v) is 5.28. The molecule has 2 aromatic heterocycles. The van der Waals surface area contributed by atoms with Gasteiger partial charge in [-0.25, -0.2) is 9.36 Å². The molecule has 13 heteroatoms. The Balaban J connectivity index is 1.54. The van der Waals surface area contributed by atoms with Crippen LogP contribution in [0.3, 0.4) is 0 Å². The monoisotopic (exact) mass is 660 g/mol. The number of nitrogens with zero attached hydrogens (tertiary/aromatic N) is 6. The van der Waals surface area contributed by atoms with Crippen LogP contribution in [0.2, 0.25) is 0 Å². The zero-order chi connectivity index (χ0) is 34.6. The molecular formula is C35H48N8O5. The Morgan fingerprint density at radius 3 is 2.38 bits per heavy atom. The summed E-state index contributed by atoms with van der Waals surface area (Å²) in [4.78, 5) is 56.1. The largest absolute Gasteiger partial charge is 0.469 e. The van der Waals surface area contributed by atoms with Crippen LogP contribution in [0.25, 0.3) is 16.9 Å². The van der Waals surface area contributed by atoms with Gasteiger partial charge < -0.3 is 30.0 Å². The number of anilines is 1. The molecule has 0 fully saturated rings. The van der Waals surface area contributed by atoms with Crippen LogP contribution in [0, 0.1) is 0 Å². The maximum absolute atomic E-state index is 13.8. The molecule has 3 N–H and O–H groups in total. The quantitative estimate of drug-likeness (QED) is 0.120. The molecule has 0 spiro atoms. The van der Waals surface area contributed by atoms with E-state index < -0.39 is 0 Å². The summed E-state index contributed by atoms with van der Waals surface area (Å²) in [7, 11) is 5.39. The van der Waals surface area contributed by atoms with E-state index >= 15 is 0 Å². The number of rotatable bonds is 18. The molecule has 0 aliphatic heterocycles. The summed E-state index contributed by atoms with van der Waals surface area (Å²) in [6, 6.07) is 15.5. The predicted molar refractivity (Wildman–Crippen MR) is 186 cm³/mol. The number of methoxy groups -OCH3 is 1. The van der Waals surface area contributed by atoms with Crippen molar-refractivity contribution in [2.75, 3.05) is 59.7 Å². The van der Waals surface area contributed by atoms with E-state index in [-0.39, 0.29) is 42.4 Å². The smallest absolute Gasteiger partial charge is 0.332 e. The van der Waals surface area contributed by atoms with Gasteiger partial charge in [0.2, 0.25) is 5.91 Å². The predicted octanol–water partition coefficient (Wildman–Crippen LogP) is 3.39. The van der Waals surface area contributed by atoms with Crippen molar-refractivity contribution in [3.8, 4) is 11.7 Å². The number of aromatic amines is 1. The Morgan fingerprint density at radius 1 is 0.938 bits per heavy atom. The van der Waals surface area contributed by atoms with Crippen LogP contribution in [0.4, 0.5) is 5.82 Å². The minimum absolute atomic E-state index is 0.0287. The van der Waals surface area contributed by atoms with Gasteiger partial charge in [0, 0.05) is 32.7 Å². The number of nitrogen functional groups attached to an aromatic ring is 1. The average Bonchev–Trinajstić information content (AvgIpc) is 3.40. The number of imidazole rings is 1. The molecular weight excluding hydrogens is 612 g/mol. The van der Waals surface area contributed by atoms with Crippen molar-refractivity contribution in [1.29, 1.82) is 0 Å². The summed E-state index contributed by atoms with van der Waals surface area (Å²) in [6.07, 6.45) is 2.84. The zero-order valence-corrected chi connectivity index (χ0v) is 28.7. The molecule has 48 heavy (non-hydrogen) atoms. The number of ether oxygens (including phenoxy) is 2. The van der Waals surface area contributed by atoms with E-state index in [0.29, 0.717) is 49.6 Å². The second-order valence-corrected chi connectivity index (χ2v) is 12.1. The fourth-order valence-electron chi connectivity index (χ4n) is 5.28. The Kier molecular flexibility index (Phi) is 13.1. The van der Waals surface area contributed by atoms with Gasteiger partial charge in [-0.15, -0.1) is 0 Å². The number of aromatic nitrogens is 4. The summed E-state index contributed by atoms with van der Waals surface area (Å²) in [5.41, 5.74) is 9.87. The number of nitrogens with two attached hydrogens (primary N) is 1. The van der Waals surface area contributed by atoms with Crippen molar-refractivity contribution >= 4 is 28.9 Å².